The van der Waals surface area contributed by atoms with Crippen molar-refractivity contribution < 1.29 is 0 Å². The Labute approximate surface area is 74.3 Å². The second-order valence-electron chi connectivity index (χ2n) is 2.43. The van der Waals surface area contributed by atoms with Crippen LogP contribution >= 0.6 is 15.9 Å². The highest BCUT2D eigenvalue weighted by molar-refractivity contribution is 9.10. The number of nitrogens with zero attached hydrogens (tertiary/aromatic N) is 2. The molecule has 2 N–H and O–H groups in total. The van der Waals surface area contributed by atoms with Gasteiger partial charge in [-0.15, -0.1) is 0 Å². The summed E-state index contributed by atoms with van der Waals surface area (Å²) >= 11 is 3.36. The van der Waals surface area contributed by atoms with Crippen LogP contribution in [0.1, 0.15) is 5.56 Å². The van der Waals surface area contributed by atoms with Crippen LogP contribution in [0, 0.1) is 6.92 Å². The molecule has 0 saturated heterocycles. The Balaban J connectivity index is 3.09. The molecule has 0 aliphatic rings. The van der Waals surface area contributed by atoms with Crippen LogP contribution in [0.25, 0.3) is 0 Å². The van der Waals surface area contributed by atoms with Gasteiger partial charge in [-0.25, -0.2) is 10.8 Å². The summed E-state index contributed by atoms with van der Waals surface area (Å²) in [4.78, 5) is 4.13. The van der Waals surface area contributed by atoms with E-state index in [1.165, 1.54) is 5.01 Å². The number of aromatic nitrogens is 1. The predicted molar refractivity (Wildman–Crippen MR) is 49.3 cm³/mol. The SMILES string of the molecule is Cc1cnc(N(C)N)c(Br)c1. The Morgan fingerprint density at radius 3 is 2.73 bits per heavy atom. The second kappa shape index (κ2) is 3.19. The first-order valence-corrected chi connectivity index (χ1v) is 4.01. The topological polar surface area (TPSA) is 42.2 Å². The molecular formula is C7H10BrN3. The van der Waals surface area contributed by atoms with Crippen LogP contribution < -0.4 is 10.9 Å². The number of halogens is 1. The van der Waals surface area contributed by atoms with Gasteiger partial charge in [0.15, 0.2) is 5.82 Å². The Kier molecular flexibility index (Phi) is 2.46. The maximum atomic E-state index is 5.51. The van der Waals surface area contributed by atoms with Gasteiger partial charge in [-0.1, -0.05) is 0 Å². The molecule has 0 aliphatic carbocycles. The fraction of sp³-hybridized carbons (Fsp3) is 0.286. The lowest BCUT2D eigenvalue weighted by molar-refractivity contribution is 0.968. The van der Waals surface area contributed by atoms with E-state index >= 15 is 0 Å². The quantitative estimate of drug-likeness (QED) is 0.570. The average molecular weight is 216 g/mol. The van der Waals surface area contributed by atoms with Gasteiger partial charge >= 0.3 is 0 Å². The fourth-order valence-electron chi connectivity index (χ4n) is 0.786. The number of hydrazine groups is 1. The second-order valence-corrected chi connectivity index (χ2v) is 3.28. The Hall–Kier alpha value is -0.610. The van der Waals surface area contributed by atoms with Crippen LogP contribution in [0.5, 0.6) is 0 Å². The smallest absolute Gasteiger partial charge is 0.156 e. The lowest BCUT2D eigenvalue weighted by Gasteiger charge is -2.12. The number of anilines is 1. The van der Waals surface area contributed by atoms with E-state index in [0.29, 0.717) is 0 Å². The van der Waals surface area contributed by atoms with Crippen molar-refractivity contribution in [2.24, 2.45) is 5.84 Å². The molecule has 0 atom stereocenters. The minimum atomic E-state index is 0.746. The van der Waals surface area contributed by atoms with E-state index in [-0.39, 0.29) is 0 Å². The summed E-state index contributed by atoms with van der Waals surface area (Å²) in [6.07, 6.45) is 1.78. The molecule has 0 aromatic carbocycles. The van der Waals surface area contributed by atoms with Crippen LogP contribution in [-0.2, 0) is 0 Å². The number of nitrogens with two attached hydrogens (primary N) is 1. The van der Waals surface area contributed by atoms with Gasteiger partial charge in [-0.05, 0) is 34.5 Å². The van der Waals surface area contributed by atoms with E-state index in [1.807, 2.05) is 13.0 Å². The number of aryl methyl sites for hydroxylation is 1. The zero-order chi connectivity index (χ0) is 8.43. The molecule has 0 unspecified atom stereocenters. The lowest BCUT2D eigenvalue weighted by Crippen LogP contribution is -2.26. The zero-order valence-corrected chi connectivity index (χ0v) is 8.09. The highest BCUT2D eigenvalue weighted by atomic mass is 79.9. The van der Waals surface area contributed by atoms with Crippen molar-refractivity contribution >= 4 is 21.7 Å². The molecule has 0 bridgehead atoms. The van der Waals surface area contributed by atoms with Crippen molar-refractivity contribution in [2.75, 3.05) is 12.1 Å². The average Bonchev–Trinajstić information content (AvgIpc) is 1.85. The number of pyridine rings is 1. The van der Waals surface area contributed by atoms with Gasteiger partial charge in [0.25, 0.3) is 0 Å². The van der Waals surface area contributed by atoms with Gasteiger partial charge < -0.3 is 0 Å². The lowest BCUT2D eigenvalue weighted by atomic mass is 10.3. The van der Waals surface area contributed by atoms with E-state index in [2.05, 4.69) is 20.9 Å². The molecule has 4 heteroatoms. The Morgan fingerprint density at radius 1 is 1.64 bits per heavy atom. The molecule has 0 fully saturated rings. The van der Waals surface area contributed by atoms with Crippen molar-refractivity contribution in [3.63, 3.8) is 0 Å². The predicted octanol–water partition coefficient (Wildman–Crippen LogP) is 1.46. The van der Waals surface area contributed by atoms with E-state index in [0.717, 1.165) is 15.9 Å². The van der Waals surface area contributed by atoms with Crippen molar-refractivity contribution in [1.29, 1.82) is 0 Å². The molecule has 0 spiro atoms. The molecule has 11 heavy (non-hydrogen) atoms. The van der Waals surface area contributed by atoms with E-state index in [4.69, 9.17) is 5.84 Å². The normalized spacial score (nSPS) is 9.82. The van der Waals surface area contributed by atoms with Gasteiger partial charge in [0.05, 0.1) is 4.47 Å². The van der Waals surface area contributed by atoms with Gasteiger partial charge in [0.1, 0.15) is 0 Å². The van der Waals surface area contributed by atoms with E-state index in [9.17, 15) is 0 Å². The standard InChI is InChI=1S/C7H10BrN3/c1-5-3-6(8)7(10-4-5)11(2)9/h3-4H,9H2,1-2H3. The van der Waals surface area contributed by atoms with Crippen molar-refractivity contribution in [1.82, 2.24) is 4.98 Å². The number of rotatable bonds is 1. The molecule has 3 nitrogen and oxygen atoms in total. The summed E-state index contributed by atoms with van der Waals surface area (Å²) < 4.78 is 0.919. The first-order valence-electron chi connectivity index (χ1n) is 3.22. The minimum Gasteiger partial charge on any atom is -0.297 e. The summed E-state index contributed by atoms with van der Waals surface area (Å²) in [5, 5.41) is 1.48. The largest absolute Gasteiger partial charge is 0.297 e. The van der Waals surface area contributed by atoms with Gasteiger partial charge in [-0.3, -0.25) is 5.01 Å². The van der Waals surface area contributed by atoms with Crippen LogP contribution in [-0.4, -0.2) is 12.0 Å². The van der Waals surface area contributed by atoms with Gasteiger partial charge in [0, 0.05) is 13.2 Å². The highest BCUT2D eigenvalue weighted by Gasteiger charge is 2.02. The molecule has 0 radical (unpaired) electrons. The van der Waals surface area contributed by atoms with Gasteiger partial charge in [0.2, 0.25) is 0 Å². The molecule has 0 saturated carbocycles. The first kappa shape index (κ1) is 8.49. The summed E-state index contributed by atoms with van der Waals surface area (Å²) in [5.41, 5.74) is 1.11. The maximum absolute atomic E-state index is 5.51. The minimum absolute atomic E-state index is 0.746. The summed E-state index contributed by atoms with van der Waals surface area (Å²) in [6.45, 7) is 1.98. The van der Waals surface area contributed by atoms with Crippen LogP contribution in [0.3, 0.4) is 0 Å². The molecule has 1 rings (SSSR count). The molecule has 1 heterocycles. The third-order valence-corrected chi connectivity index (χ3v) is 1.88. The van der Waals surface area contributed by atoms with E-state index < -0.39 is 0 Å². The van der Waals surface area contributed by atoms with Crippen LogP contribution in [0.4, 0.5) is 5.82 Å². The molecule has 1 aromatic heterocycles. The van der Waals surface area contributed by atoms with Gasteiger partial charge in [-0.2, -0.15) is 0 Å². The van der Waals surface area contributed by atoms with E-state index in [1.54, 1.807) is 13.2 Å². The van der Waals surface area contributed by atoms with Crippen molar-refractivity contribution in [3.05, 3.63) is 22.3 Å². The molecular weight excluding hydrogens is 206 g/mol. The van der Waals surface area contributed by atoms with Crippen molar-refractivity contribution in [2.45, 2.75) is 6.92 Å². The summed E-state index contributed by atoms with van der Waals surface area (Å²) in [6, 6.07) is 1.98. The molecule has 0 amide bonds. The molecule has 0 aliphatic heterocycles. The zero-order valence-electron chi connectivity index (χ0n) is 6.50. The summed E-state index contributed by atoms with van der Waals surface area (Å²) in [7, 11) is 1.75. The maximum Gasteiger partial charge on any atom is 0.156 e. The van der Waals surface area contributed by atoms with Crippen LogP contribution in [0.15, 0.2) is 16.7 Å². The first-order chi connectivity index (χ1) is 5.11. The third kappa shape index (κ3) is 1.91. The molecule has 60 valence electrons. The Bertz CT molecular complexity index is 260. The van der Waals surface area contributed by atoms with Crippen molar-refractivity contribution in [3.8, 4) is 0 Å². The Morgan fingerprint density at radius 2 is 2.27 bits per heavy atom. The number of hydrogen-bond acceptors (Lipinski definition) is 3. The summed E-state index contributed by atoms with van der Waals surface area (Å²) in [5.74, 6) is 6.25. The molecule has 1 aromatic rings. The third-order valence-electron chi connectivity index (χ3n) is 1.29. The number of hydrogen-bond donors (Lipinski definition) is 1. The van der Waals surface area contributed by atoms with Crippen LogP contribution in [0.2, 0.25) is 0 Å². The highest BCUT2D eigenvalue weighted by Crippen LogP contribution is 2.21. The monoisotopic (exact) mass is 215 g/mol. The fourth-order valence-corrected chi connectivity index (χ4v) is 1.53.